The topological polar surface area (TPSA) is 41.6 Å². The first kappa shape index (κ1) is 20.7. The minimum Gasteiger partial charge on any atom is -0.496 e. The van der Waals surface area contributed by atoms with Gasteiger partial charge in [0.15, 0.2) is 5.78 Å². The molecule has 2 saturated heterocycles. The number of ketones is 1. The Hall–Kier alpha value is -1.04. The van der Waals surface area contributed by atoms with Gasteiger partial charge in [-0.2, -0.15) is 0 Å². The average molecular weight is 391 g/mol. The zero-order valence-corrected chi connectivity index (χ0v) is 17.7. The van der Waals surface area contributed by atoms with Gasteiger partial charge in [-0.25, -0.2) is 4.31 Å². The molecule has 2 fully saturated rings. The summed E-state index contributed by atoms with van der Waals surface area (Å²) in [4.78, 5) is 12.7. The van der Waals surface area contributed by atoms with Crippen LogP contribution in [-0.2, 0) is 0 Å². The molecule has 1 aromatic rings. The first-order valence-electron chi connectivity index (χ1n) is 10.5. The van der Waals surface area contributed by atoms with Crippen LogP contribution in [0.15, 0.2) is 23.1 Å². The highest BCUT2D eigenvalue weighted by Gasteiger charge is 2.22. The molecular formula is C22H34N2O2S. The number of hydrogen-bond donors (Lipinski definition) is 1. The molecule has 0 atom stereocenters. The minimum atomic E-state index is 0.104. The van der Waals surface area contributed by atoms with Crippen LogP contribution in [0.3, 0.4) is 0 Å². The van der Waals surface area contributed by atoms with Gasteiger partial charge >= 0.3 is 0 Å². The van der Waals surface area contributed by atoms with Gasteiger partial charge in [0.25, 0.3) is 0 Å². The lowest BCUT2D eigenvalue weighted by atomic mass is 9.87. The van der Waals surface area contributed by atoms with Gasteiger partial charge in [0.2, 0.25) is 0 Å². The molecule has 0 amide bonds. The second-order valence-electron chi connectivity index (χ2n) is 8.01. The first-order valence-corrected chi connectivity index (χ1v) is 11.3. The Labute approximate surface area is 168 Å². The molecule has 0 aromatic heterocycles. The molecule has 3 rings (SSSR count). The van der Waals surface area contributed by atoms with Crippen molar-refractivity contribution >= 4 is 17.7 Å². The van der Waals surface area contributed by atoms with Gasteiger partial charge < -0.3 is 10.1 Å². The lowest BCUT2D eigenvalue weighted by molar-refractivity contribution is 0.101. The molecule has 2 aliphatic heterocycles. The summed E-state index contributed by atoms with van der Waals surface area (Å²) in [6.07, 6.45) is 9.53. The average Bonchev–Trinajstić information content (AvgIpc) is 2.70. The smallest absolute Gasteiger partial charge is 0.159 e. The van der Waals surface area contributed by atoms with Crippen LogP contribution >= 0.6 is 11.9 Å². The van der Waals surface area contributed by atoms with Crippen molar-refractivity contribution in [2.75, 3.05) is 33.3 Å². The summed E-state index contributed by atoms with van der Waals surface area (Å²) in [7, 11) is 1.70. The maximum Gasteiger partial charge on any atom is 0.159 e. The summed E-state index contributed by atoms with van der Waals surface area (Å²) in [5.41, 5.74) is 0.756. The third kappa shape index (κ3) is 6.23. The number of nitrogens with zero attached hydrogens (tertiary/aromatic N) is 1. The van der Waals surface area contributed by atoms with Crippen molar-refractivity contribution in [2.45, 2.75) is 56.8 Å². The summed E-state index contributed by atoms with van der Waals surface area (Å²) in [6, 6.07) is 5.73. The van der Waals surface area contributed by atoms with Crippen molar-refractivity contribution in [1.29, 1.82) is 0 Å². The third-order valence-electron chi connectivity index (χ3n) is 6.05. The number of Topliss-reactive ketones (excluding diaryl/α,β-unsaturated/α-hetero) is 1. The summed E-state index contributed by atoms with van der Waals surface area (Å²) >= 11 is 1.75. The van der Waals surface area contributed by atoms with Crippen LogP contribution in [0.4, 0.5) is 0 Å². The van der Waals surface area contributed by atoms with E-state index < -0.39 is 0 Å². The highest BCUT2D eigenvalue weighted by atomic mass is 32.2. The van der Waals surface area contributed by atoms with E-state index in [1.807, 2.05) is 18.2 Å². The zero-order valence-electron chi connectivity index (χ0n) is 16.8. The fourth-order valence-electron chi connectivity index (χ4n) is 4.26. The van der Waals surface area contributed by atoms with Crippen molar-refractivity contribution in [2.24, 2.45) is 11.8 Å². The van der Waals surface area contributed by atoms with Gasteiger partial charge in [-0.3, -0.25) is 4.79 Å². The fourth-order valence-corrected chi connectivity index (χ4v) is 5.35. The van der Waals surface area contributed by atoms with Gasteiger partial charge in [-0.15, -0.1) is 0 Å². The summed E-state index contributed by atoms with van der Waals surface area (Å²) in [5.74, 6) is 2.80. The molecule has 0 saturated carbocycles. The number of nitrogens with one attached hydrogen (secondary N) is 1. The Morgan fingerprint density at radius 2 is 1.81 bits per heavy atom. The number of benzene rings is 1. The Kier molecular flexibility index (Phi) is 8.04. The second kappa shape index (κ2) is 10.5. The van der Waals surface area contributed by atoms with Crippen LogP contribution in [0, 0.1) is 11.8 Å². The summed E-state index contributed by atoms with van der Waals surface area (Å²) in [6.45, 7) is 6.29. The largest absolute Gasteiger partial charge is 0.496 e. The maximum atomic E-state index is 11.7. The molecule has 150 valence electrons. The van der Waals surface area contributed by atoms with E-state index in [0.29, 0.717) is 0 Å². The van der Waals surface area contributed by atoms with E-state index in [4.69, 9.17) is 4.74 Å². The van der Waals surface area contributed by atoms with E-state index >= 15 is 0 Å². The molecule has 0 bridgehead atoms. The Balaban J connectivity index is 1.42. The van der Waals surface area contributed by atoms with Crippen molar-refractivity contribution in [3.05, 3.63) is 23.8 Å². The van der Waals surface area contributed by atoms with E-state index in [0.717, 1.165) is 41.1 Å². The van der Waals surface area contributed by atoms with Crippen molar-refractivity contribution in [3.63, 3.8) is 0 Å². The summed E-state index contributed by atoms with van der Waals surface area (Å²) < 4.78 is 7.93. The number of carbonyl (C=O) groups excluding carboxylic acids is 1. The SMILES string of the molecule is COc1ccc(C(C)=O)cc1SN1CCC(CCCC2CCNCC2)CC1. The molecule has 1 aromatic carbocycles. The van der Waals surface area contributed by atoms with Gasteiger partial charge in [-0.05, 0) is 87.7 Å². The van der Waals surface area contributed by atoms with E-state index in [1.54, 1.807) is 26.0 Å². The van der Waals surface area contributed by atoms with Crippen molar-refractivity contribution in [3.8, 4) is 5.75 Å². The third-order valence-corrected chi connectivity index (χ3v) is 7.19. The van der Waals surface area contributed by atoms with E-state index in [2.05, 4.69) is 9.62 Å². The number of hydrogen-bond acceptors (Lipinski definition) is 5. The van der Waals surface area contributed by atoms with Crippen molar-refractivity contribution < 1.29 is 9.53 Å². The molecule has 0 aliphatic carbocycles. The van der Waals surface area contributed by atoms with Gasteiger partial charge in [-0.1, -0.05) is 19.3 Å². The van der Waals surface area contributed by atoms with Crippen LogP contribution in [0.25, 0.3) is 0 Å². The molecule has 27 heavy (non-hydrogen) atoms. The monoisotopic (exact) mass is 390 g/mol. The molecule has 4 nitrogen and oxygen atoms in total. The minimum absolute atomic E-state index is 0.104. The van der Waals surface area contributed by atoms with Gasteiger partial charge in [0.1, 0.15) is 5.75 Å². The highest BCUT2D eigenvalue weighted by Crippen LogP contribution is 2.36. The number of methoxy groups -OCH3 is 1. The molecule has 2 heterocycles. The lowest BCUT2D eigenvalue weighted by Gasteiger charge is -2.31. The number of ether oxygens (including phenoxy) is 1. The lowest BCUT2D eigenvalue weighted by Crippen LogP contribution is -2.29. The zero-order chi connectivity index (χ0) is 19.1. The van der Waals surface area contributed by atoms with E-state index in [1.165, 1.54) is 58.0 Å². The number of carbonyl (C=O) groups is 1. The van der Waals surface area contributed by atoms with Crippen molar-refractivity contribution in [1.82, 2.24) is 9.62 Å². The van der Waals surface area contributed by atoms with E-state index in [9.17, 15) is 4.79 Å². The van der Waals surface area contributed by atoms with Crippen LogP contribution in [0.2, 0.25) is 0 Å². The number of piperidine rings is 2. The van der Waals surface area contributed by atoms with Crippen LogP contribution in [0.5, 0.6) is 5.75 Å². The molecule has 1 N–H and O–H groups in total. The second-order valence-corrected chi connectivity index (χ2v) is 9.15. The number of rotatable bonds is 8. The predicted molar refractivity (Wildman–Crippen MR) is 113 cm³/mol. The molecule has 0 spiro atoms. The Morgan fingerprint density at radius 3 is 2.44 bits per heavy atom. The maximum absolute atomic E-state index is 11.7. The molecule has 5 heteroatoms. The Morgan fingerprint density at radius 1 is 1.15 bits per heavy atom. The van der Waals surface area contributed by atoms with Crippen LogP contribution in [0.1, 0.15) is 62.2 Å². The van der Waals surface area contributed by atoms with Crippen LogP contribution in [-0.4, -0.2) is 43.4 Å². The summed E-state index contributed by atoms with van der Waals surface area (Å²) in [5, 5.41) is 3.46. The first-order chi connectivity index (χ1) is 13.2. The predicted octanol–water partition coefficient (Wildman–Crippen LogP) is 4.79. The molecule has 0 unspecified atom stereocenters. The Bertz CT molecular complexity index is 608. The quantitative estimate of drug-likeness (QED) is 0.511. The fraction of sp³-hybridized carbons (Fsp3) is 0.682. The molecule has 0 radical (unpaired) electrons. The molecular weight excluding hydrogens is 356 g/mol. The van der Waals surface area contributed by atoms with Gasteiger partial charge in [0, 0.05) is 18.7 Å². The normalized spacial score (nSPS) is 19.9. The highest BCUT2D eigenvalue weighted by molar-refractivity contribution is 7.97. The van der Waals surface area contributed by atoms with E-state index in [-0.39, 0.29) is 5.78 Å². The standard InChI is InChI=1S/C22H34N2O2S/c1-17(25)20-6-7-21(26-2)22(16-20)27-24-14-10-19(11-15-24)5-3-4-18-8-12-23-13-9-18/h6-7,16,18-19,23H,3-5,8-15H2,1-2H3. The molecule has 2 aliphatic rings. The van der Waals surface area contributed by atoms with Crippen LogP contribution < -0.4 is 10.1 Å². The van der Waals surface area contributed by atoms with Gasteiger partial charge in [0.05, 0.1) is 12.0 Å².